The number of anilines is 1. The molecule has 1 amide bonds. The van der Waals surface area contributed by atoms with Crippen LogP contribution in [0, 0.1) is 20.8 Å². The Morgan fingerprint density at radius 2 is 2.00 bits per heavy atom. The van der Waals surface area contributed by atoms with Crippen LogP contribution in [-0.2, 0) is 11.2 Å². The molecule has 0 radical (unpaired) electrons. The summed E-state index contributed by atoms with van der Waals surface area (Å²) < 4.78 is 0. The fraction of sp³-hybridized carbons (Fsp3) is 0.267. The summed E-state index contributed by atoms with van der Waals surface area (Å²) in [5.41, 5.74) is 3.75. The summed E-state index contributed by atoms with van der Waals surface area (Å²) in [6, 6.07) is 4.81. The molecule has 0 aliphatic carbocycles. The average molecular weight is 287 g/mol. The Hall–Kier alpha value is -2.63. The normalized spacial score (nSPS) is 10.4. The van der Waals surface area contributed by atoms with Crippen LogP contribution in [0.1, 0.15) is 32.9 Å². The summed E-state index contributed by atoms with van der Waals surface area (Å²) in [5.74, 6) is -1.21. The van der Waals surface area contributed by atoms with E-state index in [2.05, 4.69) is 15.5 Å². The molecule has 0 aliphatic heterocycles. The first kappa shape index (κ1) is 14.8. The van der Waals surface area contributed by atoms with Gasteiger partial charge in [0.25, 0.3) is 0 Å². The molecule has 0 saturated carbocycles. The molecular formula is C15H17N3O3. The van der Waals surface area contributed by atoms with E-state index in [1.165, 1.54) is 6.07 Å². The van der Waals surface area contributed by atoms with Gasteiger partial charge in [0.2, 0.25) is 5.91 Å². The van der Waals surface area contributed by atoms with Crippen molar-refractivity contribution in [3.05, 3.63) is 46.3 Å². The maximum Gasteiger partial charge on any atom is 0.336 e. The van der Waals surface area contributed by atoms with Gasteiger partial charge < -0.3 is 10.4 Å². The van der Waals surface area contributed by atoms with Crippen molar-refractivity contribution < 1.29 is 14.7 Å². The average Bonchev–Trinajstić information content (AvgIpc) is 2.72. The molecule has 0 bridgehead atoms. The van der Waals surface area contributed by atoms with Crippen molar-refractivity contribution >= 4 is 17.6 Å². The number of H-pyrrole nitrogens is 1. The van der Waals surface area contributed by atoms with Gasteiger partial charge in [0.1, 0.15) is 0 Å². The lowest BCUT2D eigenvalue weighted by molar-refractivity contribution is -0.115. The number of carbonyl (C=O) groups is 2. The number of aromatic amines is 1. The van der Waals surface area contributed by atoms with E-state index in [4.69, 9.17) is 5.11 Å². The highest BCUT2D eigenvalue weighted by Gasteiger charge is 2.14. The first-order valence-corrected chi connectivity index (χ1v) is 6.53. The van der Waals surface area contributed by atoms with Gasteiger partial charge in [-0.25, -0.2) is 4.79 Å². The molecule has 0 atom stereocenters. The van der Waals surface area contributed by atoms with Crippen LogP contribution in [0.2, 0.25) is 0 Å². The number of benzene rings is 1. The largest absolute Gasteiger partial charge is 0.478 e. The van der Waals surface area contributed by atoms with E-state index in [-0.39, 0.29) is 17.9 Å². The number of rotatable bonds is 4. The highest BCUT2D eigenvalue weighted by atomic mass is 16.4. The molecule has 1 heterocycles. The molecule has 0 fully saturated rings. The fourth-order valence-electron chi connectivity index (χ4n) is 2.19. The molecule has 6 nitrogen and oxygen atoms in total. The highest BCUT2D eigenvalue weighted by molar-refractivity contribution is 5.96. The van der Waals surface area contributed by atoms with E-state index < -0.39 is 5.97 Å². The maximum absolute atomic E-state index is 12.1. The van der Waals surface area contributed by atoms with E-state index in [0.717, 1.165) is 17.0 Å². The number of aryl methyl sites for hydroxylation is 2. The van der Waals surface area contributed by atoms with Crippen LogP contribution in [0.3, 0.4) is 0 Å². The molecular weight excluding hydrogens is 270 g/mol. The zero-order valence-electron chi connectivity index (χ0n) is 12.2. The van der Waals surface area contributed by atoms with Gasteiger partial charge in [0, 0.05) is 16.9 Å². The predicted octanol–water partition coefficient (Wildman–Crippen LogP) is 2.21. The number of hydrogen-bond acceptors (Lipinski definition) is 3. The maximum atomic E-state index is 12.1. The molecule has 0 aliphatic rings. The summed E-state index contributed by atoms with van der Waals surface area (Å²) in [4.78, 5) is 23.2. The Bertz CT molecular complexity index is 685. The third-order valence-electron chi connectivity index (χ3n) is 3.46. The topological polar surface area (TPSA) is 95.1 Å². The van der Waals surface area contributed by atoms with Gasteiger partial charge >= 0.3 is 5.97 Å². The van der Waals surface area contributed by atoms with Crippen molar-refractivity contribution in [1.29, 1.82) is 0 Å². The van der Waals surface area contributed by atoms with Gasteiger partial charge in [-0.1, -0.05) is 6.07 Å². The molecule has 21 heavy (non-hydrogen) atoms. The lowest BCUT2D eigenvalue weighted by Crippen LogP contribution is -2.16. The third kappa shape index (κ3) is 3.10. The summed E-state index contributed by atoms with van der Waals surface area (Å²) in [5, 5.41) is 18.7. The summed E-state index contributed by atoms with van der Waals surface area (Å²) in [6.45, 7) is 5.37. The number of aromatic nitrogens is 2. The molecule has 0 unspecified atom stereocenters. The van der Waals surface area contributed by atoms with E-state index >= 15 is 0 Å². The molecule has 1 aromatic carbocycles. The first-order chi connectivity index (χ1) is 9.90. The van der Waals surface area contributed by atoms with Crippen LogP contribution in [-0.4, -0.2) is 27.2 Å². The zero-order valence-corrected chi connectivity index (χ0v) is 12.2. The number of aromatic carboxylic acids is 1. The van der Waals surface area contributed by atoms with Crippen molar-refractivity contribution in [3.8, 4) is 0 Å². The second-order valence-corrected chi connectivity index (χ2v) is 4.92. The smallest absolute Gasteiger partial charge is 0.336 e. The second-order valence-electron chi connectivity index (χ2n) is 4.92. The number of hydrogen-bond donors (Lipinski definition) is 3. The van der Waals surface area contributed by atoms with Crippen molar-refractivity contribution in [2.24, 2.45) is 0 Å². The molecule has 2 aromatic rings. The van der Waals surface area contributed by atoms with Crippen LogP contribution >= 0.6 is 0 Å². The van der Waals surface area contributed by atoms with Crippen molar-refractivity contribution in [3.63, 3.8) is 0 Å². The standard InChI is InChI=1S/C15H17N3O3/c1-8-11(15(20)21)5-4-6-13(8)16-14(19)7-12-9(2)17-18-10(12)3/h4-6H,7H2,1-3H3,(H,16,19)(H,17,18)(H,20,21). The number of carboxylic acids is 1. The third-order valence-corrected chi connectivity index (χ3v) is 3.46. The van der Waals surface area contributed by atoms with Gasteiger partial charge in [-0.2, -0.15) is 5.10 Å². The van der Waals surface area contributed by atoms with Gasteiger partial charge in [-0.15, -0.1) is 0 Å². The fourth-order valence-corrected chi connectivity index (χ4v) is 2.19. The SMILES string of the molecule is Cc1n[nH]c(C)c1CC(=O)Nc1cccc(C(=O)O)c1C. The second kappa shape index (κ2) is 5.78. The Balaban J connectivity index is 2.17. The summed E-state index contributed by atoms with van der Waals surface area (Å²) in [7, 11) is 0. The molecule has 110 valence electrons. The highest BCUT2D eigenvalue weighted by Crippen LogP contribution is 2.19. The predicted molar refractivity (Wildman–Crippen MR) is 78.5 cm³/mol. The quantitative estimate of drug-likeness (QED) is 0.803. The number of carbonyl (C=O) groups excluding carboxylic acids is 1. The molecule has 1 aromatic heterocycles. The Morgan fingerprint density at radius 3 is 2.57 bits per heavy atom. The Kier molecular flexibility index (Phi) is 4.07. The van der Waals surface area contributed by atoms with Crippen LogP contribution in [0.25, 0.3) is 0 Å². The number of amides is 1. The van der Waals surface area contributed by atoms with E-state index in [1.54, 1.807) is 19.1 Å². The summed E-state index contributed by atoms with van der Waals surface area (Å²) in [6.07, 6.45) is 0.199. The first-order valence-electron chi connectivity index (χ1n) is 6.53. The van der Waals surface area contributed by atoms with E-state index in [0.29, 0.717) is 11.3 Å². The lowest BCUT2D eigenvalue weighted by atomic mass is 10.1. The number of nitrogens with one attached hydrogen (secondary N) is 2. The van der Waals surface area contributed by atoms with Crippen LogP contribution < -0.4 is 5.32 Å². The number of nitrogens with zero attached hydrogens (tertiary/aromatic N) is 1. The minimum absolute atomic E-state index is 0.184. The van der Waals surface area contributed by atoms with E-state index in [1.807, 2.05) is 13.8 Å². The van der Waals surface area contributed by atoms with Crippen LogP contribution in [0.4, 0.5) is 5.69 Å². The zero-order chi connectivity index (χ0) is 15.6. The monoisotopic (exact) mass is 287 g/mol. The van der Waals surface area contributed by atoms with Gasteiger partial charge in [0.05, 0.1) is 17.7 Å². The molecule has 6 heteroatoms. The lowest BCUT2D eigenvalue weighted by Gasteiger charge is -2.10. The van der Waals surface area contributed by atoms with Gasteiger partial charge in [-0.3, -0.25) is 9.89 Å². The Labute approximate surface area is 122 Å². The molecule has 0 saturated heterocycles. The van der Waals surface area contributed by atoms with Gasteiger partial charge in [-0.05, 0) is 38.5 Å². The summed E-state index contributed by atoms with van der Waals surface area (Å²) >= 11 is 0. The van der Waals surface area contributed by atoms with Crippen LogP contribution in [0.5, 0.6) is 0 Å². The molecule has 3 N–H and O–H groups in total. The van der Waals surface area contributed by atoms with E-state index in [9.17, 15) is 9.59 Å². The van der Waals surface area contributed by atoms with Crippen molar-refractivity contribution in [2.75, 3.05) is 5.32 Å². The molecule has 0 spiro atoms. The Morgan fingerprint density at radius 1 is 1.29 bits per heavy atom. The van der Waals surface area contributed by atoms with Crippen molar-refractivity contribution in [2.45, 2.75) is 27.2 Å². The van der Waals surface area contributed by atoms with Gasteiger partial charge in [0.15, 0.2) is 0 Å². The minimum atomic E-state index is -1.01. The number of carboxylic acid groups (broad SMARTS) is 1. The van der Waals surface area contributed by atoms with Crippen LogP contribution in [0.15, 0.2) is 18.2 Å². The minimum Gasteiger partial charge on any atom is -0.478 e. The van der Waals surface area contributed by atoms with Crippen molar-refractivity contribution in [1.82, 2.24) is 10.2 Å². The molecule has 2 rings (SSSR count).